The number of aromatic nitrogens is 3. The molecule has 11 heteroatoms. The number of fused-ring (bicyclic) bond motifs is 1. The number of likely N-dealkylation sites (tertiary alicyclic amines) is 1. The van der Waals surface area contributed by atoms with Gasteiger partial charge in [-0.25, -0.2) is 13.8 Å². The van der Waals surface area contributed by atoms with Gasteiger partial charge in [-0.05, 0) is 37.5 Å². The first kappa shape index (κ1) is 26.2. The number of anilines is 1. The Balaban J connectivity index is 1.73. The number of rotatable bonds is 5. The Labute approximate surface area is 227 Å². The summed E-state index contributed by atoms with van der Waals surface area (Å²) in [5.74, 6) is 3.08. The van der Waals surface area contributed by atoms with Crippen molar-refractivity contribution in [1.82, 2.24) is 19.7 Å². The molecule has 1 aromatic carbocycles. The fraction of sp³-hybridized carbons (Fsp3) is 0.250. The molecule has 1 aliphatic heterocycles. The van der Waals surface area contributed by atoms with Crippen LogP contribution in [0.15, 0.2) is 37.1 Å². The lowest BCUT2D eigenvalue weighted by molar-refractivity contribution is -0.125. The zero-order valence-electron chi connectivity index (χ0n) is 21.5. The van der Waals surface area contributed by atoms with Gasteiger partial charge in [0, 0.05) is 40.7 Å². The number of pyridine rings is 1. The van der Waals surface area contributed by atoms with Crippen LogP contribution in [0.25, 0.3) is 21.3 Å². The van der Waals surface area contributed by atoms with Crippen LogP contribution in [0.3, 0.4) is 0 Å². The van der Waals surface area contributed by atoms with Gasteiger partial charge in [-0.2, -0.15) is 5.10 Å². The molecule has 4 aromatic rings. The first-order valence-electron chi connectivity index (χ1n) is 12.0. The number of halogens is 2. The molecule has 0 radical (unpaired) electrons. The third-order valence-electron chi connectivity index (χ3n) is 6.64. The zero-order valence-corrected chi connectivity index (χ0v) is 22.4. The minimum absolute atomic E-state index is 0.165. The van der Waals surface area contributed by atoms with E-state index in [0.29, 0.717) is 30.4 Å². The molecule has 1 unspecified atom stereocenters. The summed E-state index contributed by atoms with van der Waals surface area (Å²) in [6, 6.07) is 4.93. The number of thiophene rings is 1. The predicted octanol–water partition coefficient (Wildman–Crippen LogP) is 4.71. The highest BCUT2D eigenvalue weighted by atomic mass is 32.1. The summed E-state index contributed by atoms with van der Waals surface area (Å²) in [6.45, 7) is 6.53. The van der Waals surface area contributed by atoms with Crippen LogP contribution in [0.1, 0.15) is 28.6 Å². The minimum Gasteiger partial charge on any atom is -0.493 e. The fourth-order valence-electron chi connectivity index (χ4n) is 4.69. The normalized spacial score (nSPS) is 14.8. The van der Waals surface area contributed by atoms with E-state index < -0.39 is 17.2 Å². The largest absolute Gasteiger partial charge is 0.493 e. The number of carbonyl (C=O) groups is 1. The third kappa shape index (κ3) is 4.57. The highest BCUT2D eigenvalue weighted by Crippen LogP contribution is 2.39. The average molecular weight is 550 g/mol. The maximum Gasteiger partial charge on any atom is 0.246 e. The number of ether oxygens (including phenoxy) is 2. The van der Waals surface area contributed by atoms with Crippen molar-refractivity contribution in [1.29, 1.82) is 0 Å². The molecular weight excluding hydrogens is 524 g/mol. The van der Waals surface area contributed by atoms with Gasteiger partial charge < -0.3 is 20.1 Å². The van der Waals surface area contributed by atoms with Crippen LogP contribution < -0.4 is 15.2 Å². The van der Waals surface area contributed by atoms with E-state index in [1.54, 1.807) is 27.1 Å². The lowest BCUT2D eigenvalue weighted by Crippen LogP contribution is -2.27. The Morgan fingerprint density at radius 2 is 1.95 bits per heavy atom. The molecule has 8 nitrogen and oxygen atoms in total. The smallest absolute Gasteiger partial charge is 0.246 e. The SMILES string of the molecule is C=CC(=O)N1CCC(n2nc(C#Cc3c(F)c(OC)cc(OC)c3F)c3c(N)ncc(-c4ccc(C)s4)c32)C1. The second-order valence-electron chi connectivity index (χ2n) is 8.95. The second kappa shape index (κ2) is 10.4. The summed E-state index contributed by atoms with van der Waals surface area (Å²) < 4.78 is 41.9. The maximum atomic E-state index is 15.0. The van der Waals surface area contributed by atoms with E-state index in [9.17, 15) is 4.79 Å². The maximum absolute atomic E-state index is 15.0. The Hall–Kier alpha value is -4.43. The molecule has 4 heterocycles. The van der Waals surface area contributed by atoms with E-state index >= 15 is 8.78 Å². The second-order valence-corrected chi connectivity index (χ2v) is 10.2. The van der Waals surface area contributed by atoms with Crippen LogP contribution in [0, 0.1) is 30.4 Å². The number of methoxy groups -OCH3 is 2. The van der Waals surface area contributed by atoms with Crippen molar-refractivity contribution in [2.75, 3.05) is 33.0 Å². The molecule has 1 saturated heterocycles. The molecule has 5 rings (SSSR count). The highest BCUT2D eigenvalue weighted by Gasteiger charge is 2.30. The first-order valence-corrected chi connectivity index (χ1v) is 12.9. The molecule has 39 heavy (non-hydrogen) atoms. The number of aryl methyl sites for hydroxylation is 1. The van der Waals surface area contributed by atoms with Gasteiger partial charge in [0.15, 0.2) is 23.1 Å². The van der Waals surface area contributed by atoms with Gasteiger partial charge in [0.2, 0.25) is 5.91 Å². The molecular formula is C28H25F2N5O3S. The number of nitrogens with two attached hydrogens (primary N) is 1. The van der Waals surface area contributed by atoms with Gasteiger partial charge in [-0.1, -0.05) is 12.5 Å². The minimum atomic E-state index is -0.956. The molecule has 0 aliphatic carbocycles. The summed E-state index contributed by atoms with van der Waals surface area (Å²) in [7, 11) is 2.54. The van der Waals surface area contributed by atoms with Crippen molar-refractivity contribution >= 4 is 34.0 Å². The summed E-state index contributed by atoms with van der Waals surface area (Å²) in [4.78, 5) is 20.4. The number of benzene rings is 1. The van der Waals surface area contributed by atoms with Crippen molar-refractivity contribution < 1.29 is 23.0 Å². The standard InChI is InChI=1S/C28H25F2N5O3S/c1-5-23(36)34-11-10-16(14-34)35-27-18(22-9-6-15(2)39-22)13-32-28(31)24(27)19(33-35)8-7-17-25(29)20(37-3)12-21(38-4)26(17)30/h5-6,9,12-13,16H,1,10-11,14H2,2-4H3,(H2,31,32). The summed E-state index contributed by atoms with van der Waals surface area (Å²) in [6.07, 6.45) is 3.62. The van der Waals surface area contributed by atoms with Crippen LogP contribution in [-0.2, 0) is 4.79 Å². The van der Waals surface area contributed by atoms with Crippen LogP contribution in [0.4, 0.5) is 14.6 Å². The number of hydrogen-bond donors (Lipinski definition) is 1. The molecule has 1 amide bonds. The van der Waals surface area contributed by atoms with Crippen molar-refractivity contribution in [3.05, 3.63) is 64.8 Å². The summed E-state index contributed by atoms with van der Waals surface area (Å²) >= 11 is 1.59. The zero-order chi connectivity index (χ0) is 27.8. The van der Waals surface area contributed by atoms with Crippen molar-refractivity contribution in [2.24, 2.45) is 0 Å². The van der Waals surface area contributed by atoms with E-state index in [1.165, 1.54) is 20.3 Å². The molecule has 0 bridgehead atoms. The summed E-state index contributed by atoms with van der Waals surface area (Å²) in [5.41, 5.74) is 7.52. The third-order valence-corrected chi connectivity index (χ3v) is 7.67. The van der Waals surface area contributed by atoms with Crippen LogP contribution in [0.5, 0.6) is 11.5 Å². The first-order chi connectivity index (χ1) is 18.8. The van der Waals surface area contributed by atoms with Gasteiger partial charge in [-0.15, -0.1) is 11.3 Å². The van der Waals surface area contributed by atoms with E-state index in [1.807, 2.05) is 19.1 Å². The van der Waals surface area contributed by atoms with Crippen molar-refractivity contribution in [3.8, 4) is 33.8 Å². The van der Waals surface area contributed by atoms with Crippen LogP contribution >= 0.6 is 11.3 Å². The fourth-order valence-corrected chi connectivity index (χ4v) is 5.57. The Kier molecular flexibility index (Phi) is 6.97. The number of amides is 1. The Morgan fingerprint density at radius 3 is 2.56 bits per heavy atom. The van der Waals surface area contributed by atoms with Gasteiger partial charge >= 0.3 is 0 Å². The van der Waals surface area contributed by atoms with E-state index in [4.69, 9.17) is 20.3 Å². The van der Waals surface area contributed by atoms with Crippen molar-refractivity contribution in [3.63, 3.8) is 0 Å². The number of hydrogen-bond acceptors (Lipinski definition) is 7. The number of nitrogens with zero attached hydrogens (tertiary/aromatic N) is 4. The van der Waals surface area contributed by atoms with E-state index in [0.717, 1.165) is 21.4 Å². The quantitative estimate of drug-likeness (QED) is 0.286. The van der Waals surface area contributed by atoms with Gasteiger partial charge in [0.05, 0.1) is 31.2 Å². The van der Waals surface area contributed by atoms with Crippen LogP contribution in [0.2, 0.25) is 0 Å². The predicted molar refractivity (Wildman–Crippen MR) is 146 cm³/mol. The van der Waals surface area contributed by atoms with Crippen molar-refractivity contribution in [2.45, 2.75) is 19.4 Å². The lowest BCUT2D eigenvalue weighted by atomic mass is 10.1. The highest BCUT2D eigenvalue weighted by molar-refractivity contribution is 7.15. The molecule has 1 atom stereocenters. The Bertz CT molecular complexity index is 1660. The molecule has 1 fully saturated rings. The molecule has 3 aromatic heterocycles. The molecule has 200 valence electrons. The van der Waals surface area contributed by atoms with E-state index in [-0.39, 0.29) is 35.0 Å². The molecule has 1 aliphatic rings. The van der Waals surface area contributed by atoms with Crippen LogP contribution in [-0.4, -0.2) is 52.9 Å². The number of nitrogen functional groups attached to an aromatic ring is 1. The molecule has 2 N–H and O–H groups in total. The summed E-state index contributed by atoms with van der Waals surface area (Å²) in [5, 5.41) is 5.23. The Morgan fingerprint density at radius 1 is 1.23 bits per heavy atom. The van der Waals surface area contributed by atoms with Gasteiger partial charge in [-0.3, -0.25) is 9.48 Å². The average Bonchev–Trinajstić information content (AvgIpc) is 3.68. The number of carbonyl (C=O) groups excluding carboxylic acids is 1. The molecule has 0 saturated carbocycles. The monoisotopic (exact) mass is 549 g/mol. The van der Waals surface area contributed by atoms with E-state index in [2.05, 4.69) is 23.4 Å². The molecule has 0 spiro atoms. The van der Waals surface area contributed by atoms with Gasteiger partial charge in [0.1, 0.15) is 17.1 Å². The van der Waals surface area contributed by atoms with Gasteiger partial charge in [0.25, 0.3) is 0 Å². The topological polar surface area (TPSA) is 95.5 Å². The lowest BCUT2D eigenvalue weighted by Gasteiger charge is -2.16.